The Balaban J connectivity index is 1.20. The summed E-state index contributed by atoms with van der Waals surface area (Å²) in [6, 6.07) is 28.7. The molecule has 3 heterocycles. The topological polar surface area (TPSA) is 74.6 Å². The van der Waals surface area contributed by atoms with Gasteiger partial charge in [-0.05, 0) is 47.7 Å². The lowest BCUT2D eigenvalue weighted by Crippen LogP contribution is -2.43. The molecule has 38 heavy (non-hydrogen) atoms. The van der Waals surface area contributed by atoms with Crippen molar-refractivity contribution in [2.45, 2.75) is 12.8 Å². The van der Waals surface area contributed by atoms with Gasteiger partial charge in [0.05, 0.1) is 17.6 Å². The Morgan fingerprint density at radius 3 is 2.34 bits per heavy atom. The SMILES string of the molecule is O=C(Nc1ccccc1N1CCNCC1)c1ccn2ncc(-c3ccc(CCc4ccccc4)cc3)c2n1. The molecule has 7 heteroatoms. The second-order valence-electron chi connectivity index (χ2n) is 9.53. The third-order valence-electron chi connectivity index (χ3n) is 7.02. The molecule has 0 aliphatic carbocycles. The Hall–Kier alpha value is -4.49. The molecule has 3 aromatic carbocycles. The molecule has 5 aromatic rings. The molecule has 1 fully saturated rings. The predicted molar refractivity (Wildman–Crippen MR) is 152 cm³/mol. The number of benzene rings is 3. The van der Waals surface area contributed by atoms with Gasteiger partial charge in [-0.3, -0.25) is 4.79 Å². The number of carbonyl (C=O) groups excluding carboxylic acids is 1. The summed E-state index contributed by atoms with van der Waals surface area (Å²) in [5.74, 6) is -0.238. The molecule has 1 aliphatic heterocycles. The van der Waals surface area contributed by atoms with E-state index in [-0.39, 0.29) is 5.91 Å². The largest absolute Gasteiger partial charge is 0.367 e. The van der Waals surface area contributed by atoms with Crippen LogP contribution in [0.3, 0.4) is 0 Å². The normalized spacial score (nSPS) is 13.5. The number of para-hydroxylation sites is 2. The zero-order valence-electron chi connectivity index (χ0n) is 21.2. The van der Waals surface area contributed by atoms with Crippen LogP contribution in [-0.4, -0.2) is 46.7 Å². The van der Waals surface area contributed by atoms with E-state index in [1.165, 1.54) is 11.1 Å². The minimum absolute atomic E-state index is 0.238. The van der Waals surface area contributed by atoms with Gasteiger partial charge in [-0.1, -0.05) is 66.7 Å². The van der Waals surface area contributed by atoms with E-state index in [1.54, 1.807) is 16.8 Å². The van der Waals surface area contributed by atoms with E-state index < -0.39 is 0 Å². The fraction of sp³-hybridized carbons (Fsp3) is 0.194. The number of hydrogen-bond donors (Lipinski definition) is 2. The molecule has 0 spiro atoms. The van der Waals surface area contributed by atoms with E-state index in [2.05, 4.69) is 75.2 Å². The van der Waals surface area contributed by atoms with E-state index in [0.29, 0.717) is 11.3 Å². The highest BCUT2D eigenvalue weighted by Crippen LogP contribution is 2.27. The molecular formula is C31H30N6O. The van der Waals surface area contributed by atoms with Crippen molar-refractivity contribution < 1.29 is 4.79 Å². The Morgan fingerprint density at radius 1 is 0.842 bits per heavy atom. The molecule has 0 bridgehead atoms. The molecule has 190 valence electrons. The maximum atomic E-state index is 13.3. The van der Waals surface area contributed by atoms with Crippen molar-refractivity contribution in [1.82, 2.24) is 19.9 Å². The van der Waals surface area contributed by atoms with Crippen LogP contribution in [0.25, 0.3) is 16.8 Å². The van der Waals surface area contributed by atoms with Gasteiger partial charge in [0.25, 0.3) is 5.91 Å². The molecule has 2 N–H and O–H groups in total. The zero-order valence-corrected chi connectivity index (χ0v) is 21.2. The Morgan fingerprint density at radius 2 is 1.55 bits per heavy atom. The summed E-state index contributed by atoms with van der Waals surface area (Å²) in [6.07, 6.45) is 5.59. The van der Waals surface area contributed by atoms with E-state index >= 15 is 0 Å². The van der Waals surface area contributed by atoms with Crippen LogP contribution in [0.4, 0.5) is 11.4 Å². The molecule has 1 saturated heterocycles. The quantitative estimate of drug-likeness (QED) is 0.333. The monoisotopic (exact) mass is 502 g/mol. The van der Waals surface area contributed by atoms with Gasteiger partial charge in [0.1, 0.15) is 5.69 Å². The van der Waals surface area contributed by atoms with Crippen LogP contribution < -0.4 is 15.5 Å². The van der Waals surface area contributed by atoms with Crippen molar-refractivity contribution in [2.75, 3.05) is 36.4 Å². The van der Waals surface area contributed by atoms with Gasteiger partial charge in [-0.2, -0.15) is 5.10 Å². The van der Waals surface area contributed by atoms with Crippen LogP contribution >= 0.6 is 0 Å². The van der Waals surface area contributed by atoms with Gasteiger partial charge in [-0.15, -0.1) is 0 Å². The molecule has 0 atom stereocenters. The molecule has 1 amide bonds. The van der Waals surface area contributed by atoms with Crippen molar-refractivity contribution >= 4 is 22.9 Å². The summed E-state index contributed by atoms with van der Waals surface area (Å²) >= 11 is 0. The molecule has 0 radical (unpaired) electrons. The fourth-order valence-corrected chi connectivity index (χ4v) is 4.93. The lowest BCUT2D eigenvalue weighted by molar-refractivity contribution is 0.102. The standard InChI is InChI=1S/C31H30N6O/c38-31(35-27-8-4-5-9-29(27)36-20-17-32-18-21-36)28-16-19-37-30(34-28)26(22-33-37)25-14-12-24(13-15-25)11-10-23-6-2-1-3-7-23/h1-9,12-16,19,22,32H,10-11,17-18,20-21H2,(H,35,38). The lowest BCUT2D eigenvalue weighted by atomic mass is 10.0. The molecule has 6 rings (SSSR count). The maximum Gasteiger partial charge on any atom is 0.274 e. The number of nitrogens with zero attached hydrogens (tertiary/aromatic N) is 4. The number of piperazine rings is 1. The van der Waals surface area contributed by atoms with E-state index in [1.807, 2.05) is 30.5 Å². The van der Waals surface area contributed by atoms with Crippen LogP contribution in [0, 0.1) is 0 Å². The smallest absolute Gasteiger partial charge is 0.274 e. The highest BCUT2D eigenvalue weighted by molar-refractivity contribution is 6.05. The van der Waals surface area contributed by atoms with Crippen molar-refractivity contribution in [1.29, 1.82) is 0 Å². The van der Waals surface area contributed by atoms with E-state index in [9.17, 15) is 4.79 Å². The van der Waals surface area contributed by atoms with Crippen molar-refractivity contribution in [3.8, 4) is 11.1 Å². The Kier molecular flexibility index (Phi) is 6.83. The van der Waals surface area contributed by atoms with E-state index in [4.69, 9.17) is 4.98 Å². The second kappa shape index (κ2) is 10.9. The third kappa shape index (κ3) is 5.14. The number of nitrogens with one attached hydrogen (secondary N) is 2. The first kappa shape index (κ1) is 23.9. The first-order valence-electron chi connectivity index (χ1n) is 13.1. The van der Waals surface area contributed by atoms with Crippen molar-refractivity contribution in [3.63, 3.8) is 0 Å². The first-order valence-corrected chi connectivity index (χ1v) is 13.1. The van der Waals surface area contributed by atoms with Crippen molar-refractivity contribution in [3.05, 3.63) is 114 Å². The average molecular weight is 503 g/mol. The predicted octanol–water partition coefficient (Wildman–Crippen LogP) is 4.84. The summed E-state index contributed by atoms with van der Waals surface area (Å²) in [5.41, 5.74) is 7.38. The number of hydrogen-bond acceptors (Lipinski definition) is 5. The minimum atomic E-state index is -0.238. The highest BCUT2D eigenvalue weighted by atomic mass is 16.1. The summed E-state index contributed by atoms with van der Waals surface area (Å²) in [6.45, 7) is 3.67. The van der Waals surface area contributed by atoms with Gasteiger partial charge in [-0.25, -0.2) is 9.50 Å². The molecule has 0 saturated carbocycles. The van der Waals surface area contributed by atoms with Crippen LogP contribution in [0.15, 0.2) is 97.3 Å². The van der Waals surface area contributed by atoms with Crippen LogP contribution in [0.1, 0.15) is 21.6 Å². The van der Waals surface area contributed by atoms with Crippen LogP contribution in [0.2, 0.25) is 0 Å². The Bertz CT molecular complexity index is 1540. The highest BCUT2D eigenvalue weighted by Gasteiger charge is 2.18. The van der Waals surface area contributed by atoms with Gasteiger partial charge >= 0.3 is 0 Å². The minimum Gasteiger partial charge on any atom is -0.367 e. The summed E-state index contributed by atoms with van der Waals surface area (Å²) < 4.78 is 1.71. The molecule has 2 aromatic heterocycles. The van der Waals surface area contributed by atoms with Crippen molar-refractivity contribution in [2.24, 2.45) is 0 Å². The summed E-state index contributed by atoms with van der Waals surface area (Å²) in [5, 5.41) is 10.9. The summed E-state index contributed by atoms with van der Waals surface area (Å²) in [7, 11) is 0. The number of aryl methyl sites for hydroxylation is 2. The number of anilines is 2. The lowest BCUT2D eigenvalue weighted by Gasteiger charge is -2.31. The molecular weight excluding hydrogens is 472 g/mol. The van der Waals surface area contributed by atoms with Gasteiger partial charge in [0, 0.05) is 37.9 Å². The number of amides is 1. The zero-order chi connectivity index (χ0) is 25.7. The van der Waals surface area contributed by atoms with Gasteiger partial charge in [0.15, 0.2) is 5.65 Å². The van der Waals surface area contributed by atoms with Crippen LogP contribution in [-0.2, 0) is 12.8 Å². The number of carbonyl (C=O) groups is 1. The number of fused-ring (bicyclic) bond motifs is 1. The fourth-order valence-electron chi connectivity index (χ4n) is 4.93. The van der Waals surface area contributed by atoms with Gasteiger partial charge in [0.2, 0.25) is 0 Å². The second-order valence-corrected chi connectivity index (χ2v) is 9.53. The summed E-state index contributed by atoms with van der Waals surface area (Å²) in [4.78, 5) is 20.3. The first-order chi connectivity index (χ1) is 18.7. The van der Waals surface area contributed by atoms with Crippen LogP contribution in [0.5, 0.6) is 0 Å². The third-order valence-corrected chi connectivity index (χ3v) is 7.02. The Labute approximate surface area is 222 Å². The van der Waals surface area contributed by atoms with E-state index in [0.717, 1.165) is 61.5 Å². The average Bonchev–Trinajstić information content (AvgIpc) is 3.41. The molecule has 1 aliphatic rings. The molecule has 0 unspecified atom stereocenters. The molecule has 7 nitrogen and oxygen atoms in total. The number of rotatable bonds is 7. The maximum absolute atomic E-state index is 13.3. The number of aromatic nitrogens is 3. The van der Waals surface area contributed by atoms with Gasteiger partial charge < -0.3 is 15.5 Å².